The van der Waals surface area contributed by atoms with Crippen LogP contribution in [0.4, 0.5) is 5.00 Å². The lowest BCUT2D eigenvalue weighted by molar-refractivity contribution is -0.122. The van der Waals surface area contributed by atoms with Crippen LogP contribution in [0.15, 0.2) is 29.6 Å². The molecule has 1 N–H and O–H groups in total. The molecule has 1 atom stereocenters. The predicted molar refractivity (Wildman–Crippen MR) is 77.2 cm³/mol. The molecule has 2 heterocycles. The minimum atomic E-state index is -0.586. The second-order valence-electron chi connectivity index (χ2n) is 4.33. The molecule has 6 heteroatoms. The van der Waals surface area contributed by atoms with Crippen molar-refractivity contribution in [1.82, 2.24) is 0 Å². The monoisotopic (exact) mass is 304 g/mol. The Morgan fingerprint density at radius 3 is 3.15 bits per heavy atom. The van der Waals surface area contributed by atoms with Gasteiger partial charge in [0, 0.05) is 11.4 Å². The van der Waals surface area contributed by atoms with Crippen LogP contribution in [-0.4, -0.2) is 12.0 Å². The van der Waals surface area contributed by atoms with Crippen molar-refractivity contribution in [3.05, 3.63) is 45.8 Å². The van der Waals surface area contributed by atoms with E-state index < -0.39 is 6.10 Å². The Labute approximate surface area is 124 Å². The average Bonchev–Trinajstić information content (AvgIpc) is 3.04. The number of carbonyl (C=O) groups excluding carboxylic acids is 1. The van der Waals surface area contributed by atoms with Crippen molar-refractivity contribution in [3.63, 3.8) is 0 Å². The average molecular weight is 305 g/mol. The summed E-state index contributed by atoms with van der Waals surface area (Å²) < 4.78 is 5.60. The smallest absolute Gasteiger partial charge is 0.266 e. The van der Waals surface area contributed by atoms with E-state index in [0.29, 0.717) is 27.8 Å². The van der Waals surface area contributed by atoms with E-state index in [1.54, 1.807) is 29.6 Å². The number of ether oxygens (including phenoxy) is 1. The van der Waals surface area contributed by atoms with Gasteiger partial charge in [-0.05, 0) is 35.2 Å². The maximum absolute atomic E-state index is 12.2. The number of halogens is 1. The quantitative estimate of drug-likeness (QED) is 0.926. The summed E-state index contributed by atoms with van der Waals surface area (Å²) >= 11 is 7.23. The van der Waals surface area contributed by atoms with Gasteiger partial charge >= 0.3 is 0 Å². The van der Waals surface area contributed by atoms with Crippen LogP contribution in [0.3, 0.4) is 0 Å². The van der Waals surface area contributed by atoms with E-state index in [1.807, 2.05) is 6.07 Å². The molecule has 0 fully saturated rings. The number of nitrogens with one attached hydrogen (secondary N) is 1. The van der Waals surface area contributed by atoms with Gasteiger partial charge < -0.3 is 10.1 Å². The molecule has 0 unspecified atom stereocenters. The van der Waals surface area contributed by atoms with E-state index in [4.69, 9.17) is 21.6 Å². The van der Waals surface area contributed by atoms with Crippen LogP contribution in [0.5, 0.6) is 5.75 Å². The van der Waals surface area contributed by atoms with Gasteiger partial charge in [-0.25, -0.2) is 0 Å². The maximum Gasteiger partial charge on any atom is 0.266 e. The number of fused-ring (bicyclic) bond motifs is 1. The van der Waals surface area contributed by atoms with Crippen LogP contribution in [0.25, 0.3) is 0 Å². The normalized spacial score (nSPS) is 16.1. The van der Waals surface area contributed by atoms with Crippen molar-refractivity contribution in [1.29, 1.82) is 5.26 Å². The third-order valence-corrected chi connectivity index (χ3v) is 4.08. The first-order valence-corrected chi connectivity index (χ1v) is 7.16. The molecule has 20 heavy (non-hydrogen) atoms. The fraction of sp³-hybridized carbons (Fsp3) is 0.143. The molecule has 1 aromatic heterocycles. The fourth-order valence-corrected chi connectivity index (χ4v) is 2.98. The van der Waals surface area contributed by atoms with E-state index in [9.17, 15) is 4.79 Å². The summed E-state index contributed by atoms with van der Waals surface area (Å²) in [5.74, 6) is 0.428. The zero-order valence-corrected chi connectivity index (χ0v) is 11.8. The van der Waals surface area contributed by atoms with Crippen LogP contribution in [0.1, 0.15) is 11.1 Å². The number of thiophene rings is 1. The summed E-state index contributed by atoms with van der Waals surface area (Å²) in [5, 5.41) is 14.6. The number of amides is 1. The standard InChI is InChI=1S/C14H9ClN2O2S/c15-10-1-2-11-9(5-10)6-12(19-11)13(18)17-14-8(7-16)3-4-20-14/h1-5,12H,6H2,(H,17,18)/t12-/m0/s1. The van der Waals surface area contributed by atoms with Crippen LogP contribution in [-0.2, 0) is 11.2 Å². The summed E-state index contributed by atoms with van der Waals surface area (Å²) in [6.07, 6.45) is -0.105. The van der Waals surface area contributed by atoms with Gasteiger partial charge in [0.05, 0.1) is 5.56 Å². The van der Waals surface area contributed by atoms with Gasteiger partial charge in [-0.1, -0.05) is 11.6 Å². The lowest BCUT2D eigenvalue weighted by atomic mass is 10.1. The number of nitriles is 1. The molecule has 1 amide bonds. The number of carbonyl (C=O) groups is 1. The zero-order valence-electron chi connectivity index (χ0n) is 10.2. The summed E-state index contributed by atoms with van der Waals surface area (Å²) in [4.78, 5) is 12.2. The summed E-state index contributed by atoms with van der Waals surface area (Å²) in [7, 11) is 0. The first-order valence-electron chi connectivity index (χ1n) is 5.91. The van der Waals surface area contributed by atoms with Gasteiger partial charge in [0.25, 0.3) is 5.91 Å². The highest BCUT2D eigenvalue weighted by Gasteiger charge is 2.29. The number of anilines is 1. The number of benzene rings is 1. The SMILES string of the molecule is N#Cc1ccsc1NC(=O)[C@@H]1Cc2cc(Cl)ccc2O1. The molecule has 0 spiro atoms. The van der Waals surface area contributed by atoms with Crippen LogP contribution in [0.2, 0.25) is 5.02 Å². The van der Waals surface area contributed by atoms with E-state index in [0.717, 1.165) is 5.56 Å². The van der Waals surface area contributed by atoms with Gasteiger partial charge in [0.2, 0.25) is 0 Å². The van der Waals surface area contributed by atoms with Gasteiger partial charge in [-0.3, -0.25) is 4.79 Å². The van der Waals surface area contributed by atoms with Crippen LogP contribution >= 0.6 is 22.9 Å². The Kier molecular flexibility index (Phi) is 3.35. The van der Waals surface area contributed by atoms with Crippen LogP contribution < -0.4 is 10.1 Å². The van der Waals surface area contributed by atoms with E-state index >= 15 is 0 Å². The zero-order chi connectivity index (χ0) is 14.1. The lowest BCUT2D eigenvalue weighted by Gasteiger charge is -2.10. The van der Waals surface area contributed by atoms with Crippen LogP contribution in [0, 0.1) is 11.3 Å². The Morgan fingerprint density at radius 2 is 2.35 bits per heavy atom. The van der Waals surface area contributed by atoms with E-state index in [2.05, 4.69) is 5.32 Å². The number of rotatable bonds is 2. The van der Waals surface area contributed by atoms with Gasteiger partial charge in [-0.15, -0.1) is 11.3 Å². The molecular weight excluding hydrogens is 296 g/mol. The molecule has 0 saturated carbocycles. The van der Waals surface area contributed by atoms with E-state index in [-0.39, 0.29) is 5.91 Å². The van der Waals surface area contributed by atoms with Crippen molar-refractivity contribution >= 4 is 33.8 Å². The Hall–Kier alpha value is -2.03. The Bertz CT molecular complexity index is 720. The lowest BCUT2D eigenvalue weighted by Crippen LogP contribution is -2.31. The molecule has 1 aliphatic rings. The molecule has 0 bridgehead atoms. The number of nitrogens with zero attached hydrogens (tertiary/aromatic N) is 1. The summed E-state index contributed by atoms with van der Waals surface area (Å²) in [6, 6.07) is 9.00. The summed E-state index contributed by atoms with van der Waals surface area (Å²) in [5.41, 5.74) is 1.38. The molecule has 0 aliphatic carbocycles. The van der Waals surface area contributed by atoms with Crippen molar-refractivity contribution in [3.8, 4) is 11.8 Å². The number of hydrogen-bond donors (Lipinski definition) is 1. The second-order valence-corrected chi connectivity index (χ2v) is 5.68. The minimum absolute atomic E-state index is 0.253. The van der Waals surface area contributed by atoms with Gasteiger partial charge in [-0.2, -0.15) is 5.26 Å². The highest BCUT2D eigenvalue weighted by Crippen LogP contribution is 2.32. The highest BCUT2D eigenvalue weighted by atomic mass is 35.5. The molecular formula is C14H9ClN2O2S. The molecule has 2 aromatic rings. The molecule has 0 radical (unpaired) electrons. The topological polar surface area (TPSA) is 62.1 Å². The Morgan fingerprint density at radius 1 is 1.50 bits per heavy atom. The first kappa shape index (κ1) is 13.0. The Balaban J connectivity index is 1.73. The summed E-state index contributed by atoms with van der Waals surface area (Å²) in [6.45, 7) is 0. The number of hydrogen-bond acceptors (Lipinski definition) is 4. The second kappa shape index (κ2) is 5.16. The largest absolute Gasteiger partial charge is 0.480 e. The molecule has 100 valence electrons. The molecule has 1 aromatic carbocycles. The van der Waals surface area contributed by atoms with Crippen molar-refractivity contribution < 1.29 is 9.53 Å². The first-order chi connectivity index (χ1) is 9.67. The third kappa shape index (κ3) is 2.36. The van der Waals surface area contributed by atoms with E-state index in [1.165, 1.54) is 11.3 Å². The maximum atomic E-state index is 12.2. The highest BCUT2D eigenvalue weighted by molar-refractivity contribution is 7.14. The molecule has 3 rings (SSSR count). The molecule has 4 nitrogen and oxygen atoms in total. The van der Waals surface area contributed by atoms with Crippen molar-refractivity contribution in [2.24, 2.45) is 0 Å². The van der Waals surface area contributed by atoms with Crippen molar-refractivity contribution in [2.75, 3.05) is 5.32 Å². The minimum Gasteiger partial charge on any atom is -0.480 e. The van der Waals surface area contributed by atoms with Gasteiger partial charge in [0.1, 0.15) is 16.8 Å². The van der Waals surface area contributed by atoms with Gasteiger partial charge in [0.15, 0.2) is 6.10 Å². The predicted octanol–water partition coefficient (Wildman–Crippen LogP) is 3.22. The molecule has 1 aliphatic heterocycles. The third-order valence-electron chi connectivity index (χ3n) is 3.01. The van der Waals surface area contributed by atoms with Crippen molar-refractivity contribution in [2.45, 2.75) is 12.5 Å². The molecule has 0 saturated heterocycles. The fourth-order valence-electron chi connectivity index (χ4n) is 2.05.